The molecule has 0 spiro atoms. The van der Waals surface area contributed by atoms with E-state index >= 15 is 0 Å². The number of carbonyl (C=O) groups is 3. The molecular weight excluding hydrogens is 428 g/mol. The number of anilines is 1. The van der Waals surface area contributed by atoms with E-state index in [-0.39, 0.29) is 30.3 Å². The van der Waals surface area contributed by atoms with Crippen LogP contribution in [0.4, 0.5) is 5.69 Å². The van der Waals surface area contributed by atoms with Gasteiger partial charge in [0.25, 0.3) is 11.8 Å². The van der Waals surface area contributed by atoms with Gasteiger partial charge in [0.15, 0.2) is 0 Å². The third kappa shape index (κ3) is 6.03. The van der Waals surface area contributed by atoms with Crippen molar-refractivity contribution >= 4 is 23.4 Å². The summed E-state index contributed by atoms with van der Waals surface area (Å²) in [6, 6.07) is 15.1. The van der Waals surface area contributed by atoms with E-state index in [1.807, 2.05) is 46.2 Å². The molecule has 2 aliphatic rings. The normalized spacial score (nSPS) is 16.9. The monoisotopic (exact) mass is 462 g/mol. The summed E-state index contributed by atoms with van der Waals surface area (Å²) < 4.78 is 0. The predicted octanol–water partition coefficient (Wildman–Crippen LogP) is 3.32. The molecule has 4 rings (SSSR count). The Hall–Kier alpha value is -3.19. The molecule has 1 aliphatic carbocycles. The number of benzene rings is 2. The molecule has 180 valence electrons. The highest BCUT2D eigenvalue weighted by Crippen LogP contribution is 2.20. The Morgan fingerprint density at radius 2 is 1.59 bits per heavy atom. The highest BCUT2D eigenvalue weighted by atomic mass is 16.2. The van der Waals surface area contributed by atoms with Gasteiger partial charge in [0.05, 0.1) is 17.8 Å². The average molecular weight is 463 g/mol. The quantitative estimate of drug-likeness (QED) is 0.662. The van der Waals surface area contributed by atoms with E-state index in [9.17, 15) is 14.4 Å². The average Bonchev–Trinajstić information content (AvgIpc) is 3.37. The van der Waals surface area contributed by atoms with Crippen LogP contribution in [0.5, 0.6) is 0 Å². The van der Waals surface area contributed by atoms with Crippen LogP contribution in [0.15, 0.2) is 48.5 Å². The van der Waals surface area contributed by atoms with Gasteiger partial charge < -0.3 is 15.5 Å². The van der Waals surface area contributed by atoms with Gasteiger partial charge in [-0.3, -0.25) is 19.3 Å². The summed E-state index contributed by atoms with van der Waals surface area (Å²) in [4.78, 5) is 42.1. The Balaban J connectivity index is 1.27. The van der Waals surface area contributed by atoms with Gasteiger partial charge in [0.1, 0.15) is 0 Å². The van der Waals surface area contributed by atoms with Crippen LogP contribution in [-0.4, -0.2) is 66.3 Å². The van der Waals surface area contributed by atoms with Gasteiger partial charge >= 0.3 is 0 Å². The molecule has 7 heteroatoms. The highest BCUT2D eigenvalue weighted by molar-refractivity contribution is 6.04. The summed E-state index contributed by atoms with van der Waals surface area (Å²) in [6.07, 6.45) is 5.27. The molecule has 1 saturated heterocycles. The van der Waals surface area contributed by atoms with Crippen molar-refractivity contribution in [2.24, 2.45) is 0 Å². The maximum atomic E-state index is 12.8. The van der Waals surface area contributed by atoms with Crippen molar-refractivity contribution in [1.82, 2.24) is 15.1 Å². The Bertz CT molecular complexity index is 1010. The molecule has 1 saturated carbocycles. The van der Waals surface area contributed by atoms with Crippen LogP contribution in [0.2, 0.25) is 0 Å². The van der Waals surface area contributed by atoms with Crippen LogP contribution in [0.1, 0.15) is 58.9 Å². The van der Waals surface area contributed by atoms with Crippen molar-refractivity contribution in [3.63, 3.8) is 0 Å². The first-order chi connectivity index (χ1) is 16.5. The number of nitrogens with one attached hydrogen (secondary N) is 2. The molecule has 0 aromatic heterocycles. The van der Waals surface area contributed by atoms with Crippen LogP contribution in [-0.2, 0) is 11.2 Å². The molecule has 3 amide bonds. The molecule has 0 atom stereocenters. The second-order valence-corrected chi connectivity index (χ2v) is 9.17. The van der Waals surface area contributed by atoms with Crippen LogP contribution >= 0.6 is 0 Å². The molecule has 34 heavy (non-hydrogen) atoms. The fourth-order valence-corrected chi connectivity index (χ4v) is 4.69. The number of nitrogens with zero attached hydrogens (tertiary/aromatic N) is 2. The lowest BCUT2D eigenvalue weighted by Gasteiger charge is -2.34. The lowest BCUT2D eigenvalue weighted by Crippen LogP contribution is -2.50. The molecule has 2 aromatic rings. The molecule has 2 N–H and O–H groups in total. The van der Waals surface area contributed by atoms with Crippen LogP contribution in [0.25, 0.3) is 0 Å². The van der Waals surface area contributed by atoms with Crippen molar-refractivity contribution in [2.45, 2.75) is 45.1 Å². The number of hydrogen-bond donors (Lipinski definition) is 2. The lowest BCUT2D eigenvalue weighted by molar-refractivity contribution is -0.117. The van der Waals surface area contributed by atoms with Crippen LogP contribution in [0, 0.1) is 0 Å². The van der Waals surface area contributed by atoms with Gasteiger partial charge in [-0.1, -0.05) is 44.0 Å². The summed E-state index contributed by atoms with van der Waals surface area (Å²) in [7, 11) is 0. The Morgan fingerprint density at radius 3 is 2.26 bits per heavy atom. The Morgan fingerprint density at radius 1 is 0.912 bits per heavy atom. The smallest absolute Gasteiger partial charge is 0.253 e. The van der Waals surface area contributed by atoms with E-state index in [0.717, 1.165) is 32.1 Å². The SMILES string of the molecule is CCc1ccc(C(=O)N2CCN(CC(=O)Nc3ccccc3C(=O)NC3CCCC3)CC2)cc1. The van der Waals surface area contributed by atoms with E-state index in [4.69, 9.17) is 0 Å². The first kappa shape index (κ1) is 24.0. The van der Waals surface area contributed by atoms with Crippen molar-refractivity contribution in [1.29, 1.82) is 0 Å². The number of hydrogen-bond acceptors (Lipinski definition) is 4. The Kier molecular flexibility index (Phi) is 7.95. The topological polar surface area (TPSA) is 81.8 Å². The zero-order valence-electron chi connectivity index (χ0n) is 19.9. The molecule has 2 aromatic carbocycles. The third-order valence-corrected chi connectivity index (χ3v) is 6.77. The van der Waals surface area contributed by atoms with Crippen molar-refractivity contribution in [2.75, 3.05) is 38.0 Å². The number of carbonyl (C=O) groups excluding carboxylic acids is 3. The summed E-state index contributed by atoms with van der Waals surface area (Å²) in [5.41, 5.74) is 2.94. The van der Waals surface area contributed by atoms with Crippen LogP contribution in [0.3, 0.4) is 0 Å². The molecule has 0 radical (unpaired) electrons. The predicted molar refractivity (Wildman–Crippen MR) is 133 cm³/mol. The molecule has 1 aliphatic heterocycles. The van der Waals surface area contributed by atoms with Gasteiger partial charge in [-0.05, 0) is 49.1 Å². The summed E-state index contributed by atoms with van der Waals surface area (Å²) >= 11 is 0. The van der Waals surface area contributed by atoms with Gasteiger partial charge in [0.2, 0.25) is 5.91 Å². The first-order valence-electron chi connectivity index (χ1n) is 12.3. The summed E-state index contributed by atoms with van der Waals surface area (Å²) in [5.74, 6) is -0.257. The molecule has 0 unspecified atom stereocenters. The minimum absolute atomic E-state index is 0.0361. The number of rotatable bonds is 7. The lowest BCUT2D eigenvalue weighted by atomic mass is 10.1. The van der Waals surface area contributed by atoms with Gasteiger partial charge in [0, 0.05) is 37.8 Å². The second kappa shape index (κ2) is 11.3. The van der Waals surface area contributed by atoms with Crippen LogP contribution < -0.4 is 10.6 Å². The minimum Gasteiger partial charge on any atom is -0.349 e. The van der Waals surface area contributed by atoms with Crippen molar-refractivity contribution in [3.8, 4) is 0 Å². The Labute approximate surface area is 201 Å². The maximum Gasteiger partial charge on any atom is 0.253 e. The van der Waals surface area contributed by atoms with Crippen molar-refractivity contribution < 1.29 is 14.4 Å². The zero-order valence-corrected chi connectivity index (χ0v) is 19.9. The number of aryl methyl sites for hydroxylation is 1. The van der Waals surface area contributed by atoms with Gasteiger partial charge in [-0.15, -0.1) is 0 Å². The summed E-state index contributed by atoms with van der Waals surface area (Å²) in [6.45, 7) is 4.76. The molecule has 0 bridgehead atoms. The number of amides is 3. The van der Waals surface area contributed by atoms with E-state index in [0.29, 0.717) is 43.0 Å². The maximum absolute atomic E-state index is 12.8. The van der Waals surface area contributed by atoms with E-state index in [1.54, 1.807) is 12.1 Å². The molecule has 1 heterocycles. The first-order valence-corrected chi connectivity index (χ1v) is 12.3. The second-order valence-electron chi connectivity index (χ2n) is 9.17. The fourth-order valence-electron chi connectivity index (χ4n) is 4.69. The van der Waals surface area contributed by atoms with Gasteiger partial charge in [-0.25, -0.2) is 0 Å². The van der Waals surface area contributed by atoms with Gasteiger partial charge in [-0.2, -0.15) is 0 Å². The van der Waals surface area contributed by atoms with Crippen molar-refractivity contribution in [3.05, 3.63) is 65.2 Å². The number of para-hydroxylation sites is 1. The third-order valence-electron chi connectivity index (χ3n) is 6.77. The number of piperazine rings is 1. The highest BCUT2D eigenvalue weighted by Gasteiger charge is 2.24. The molecule has 7 nitrogen and oxygen atoms in total. The molecular formula is C27H34N4O3. The largest absolute Gasteiger partial charge is 0.349 e. The molecule has 2 fully saturated rings. The van der Waals surface area contributed by atoms with E-state index in [1.165, 1.54) is 5.56 Å². The standard InChI is InChI=1S/C27H34N4O3/c1-2-20-11-13-21(14-12-20)27(34)31-17-15-30(16-18-31)19-25(32)29-24-10-6-5-9-23(24)26(33)28-22-7-3-4-8-22/h5-6,9-14,22H,2-4,7-8,15-19H2,1H3,(H,28,33)(H,29,32). The zero-order chi connectivity index (χ0) is 23.9. The minimum atomic E-state index is -0.156. The summed E-state index contributed by atoms with van der Waals surface area (Å²) in [5, 5.41) is 6.00. The fraction of sp³-hybridized carbons (Fsp3) is 0.444. The van der Waals surface area contributed by atoms with E-state index < -0.39 is 0 Å². The van der Waals surface area contributed by atoms with E-state index in [2.05, 4.69) is 17.6 Å².